The van der Waals surface area contributed by atoms with Crippen LogP contribution in [0.2, 0.25) is 0 Å². The van der Waals surface area contributed by atoms with Crippen molar-refractivity contribution in [2.45, 2.75) is 13.0 Å². The van der Waals surface area contributed by atoms with E-state index < -0.39 is 0 Å². The fourth-order valence-corrected chi connectivity index (χ4v) is 2.07. The van der Waals surface area contributed by atoms with Gasteiger partial charge in [0.05, 0.1) is 6.61 Å². The molecule has 2 rings (SSSR count). The van der Waals surface area contributed by atoms with Gasteiger partial charge in [0.2, 0.25) is 0 Å². The van der Waals surface area contributed by atoms with E-state index in [1.807, 2.05) is 0 Å². The van der Waals surface area contributed by atoms with Crippen molar-refractivity contribution in [1.29, 1.82) is 0 Å². The van der Waals surface area contributed by atoms with Gasteiger partial charge in [-0.15, -0.1) is 0 Å². The Hall–Kier alpha value is -0.860. The lowest BCUT2D eigenvalue weighted by atomic mass is 9.85. The van der Waals surface area contributed by atoms with Crippen molar-refractivity contribution in [3.05, 3.63) is 35.4 Å². The number of ether oxygens (including phenoxy) is 1. The Morgan fingerprint density at radius 2 is 2.21 bits per heavy atom. The largest absolute Gasteiger partial charge is 0.384 e. The predicted octanol–water partition coefficient (Wildman–Crippen LogP) is 1.90. The van der Waals surface area contributed by atoms with Crippen LogP contribution in [-0.4, -0.2) is 20.3 Å². The first-order chi connectivity index (χ1) is 6.83. The van der Waals surface area contributed by atoms with Gasteiger partial charge in [0.15, 0.2) is 0 Å². The molecule has 14 heavy (non-hydrogen) atoms. The minimum Gasteiger partial charge on any atom is -0.384 e. The highest BCUT2D eigenvalue weighted by atomic mass is 16.5. The molecule has 2 atom stereocenters. The fourth-order valence-electron chi connectivity index (χ4n) is 2.07. The van der Waals surface area contributed by atoms with Gasteiger partial charge in [-0.2, -0.15) is 0 Å². The summed E-state index contributed by atoms with van der Waals surface area (Å²) in [7, 11) is 1.77. The molecule has 1 aromatic rings. The topological polar surface area (TPSA) is 21.3 Å². The lowest BCUT2D eigenvalue weighted by Gasteiger charge is -2.38. The van der Waals surface area contributed by atoms with Gasteiger partial charge >= 0.3 is 0 Å². The summed E-state index contributed by atoms with van der Waals surface area (Å²) < 4.78 is 5.20. The van der Waals surface area contributed by atoms with Gasteiger partial charge in [-0.25, -0.2) is 0 Å². The van der Waals surface area contributed by atoms with Crippen molar-refractivity contribution in [2.24, 2.45) is 5.92 Å². The molecule has 2 nitrogen and oxygen atoms in total. The molecule has 2 heteroatoms. The highest BCUT2D eigenvalue weighted by molar-refractivity contribution is 5.30. The van der Waals surface area contributed by atoms with Crippen LogP contribution in [0.4, 0.5) is 0 Å². The third kappa shape index (κ3) is 1.68. The van der Waals surface area contributed by atoms with Crippen LogP contribution in [0.3, 0.4) is 0 Å². The normalized spacial score (nSPS) is 25.9. The quantitative estimate of drug-likeness (QED) is 0.788. The Kier molecular flexibility index (Phi) is 2.85. The average Bonchev–Trinajstić information content (AvgIpc) is 2.16. The number of rotatable bonds is 3. The van der Waals surface area contributed by atoms with Crippen LogP contribution < -0.4 is 5.32 Å². The average molecular weight is 191 g/mol. The molecular formula is C12H17NO. The minimum atomic E-state index is 0.496. The molecule has 0 aromatic heterocycles. The molecule has 1 aliphatic rings. The van der Waals surface area contributed by atoms with Gasteiger partial charge in [-0.05, 0) is 18.1 Å². The number of aryl methyl sites for hydroxylation is 1. The van der Waals surface area contributed by atoms with Crippen LogP contribution >= 0.6 is 0 Å². The van der Waals surface area contributed by atoms with E-state index in [1.165, 1.54) is 11.1 Å². The predicted molar refractivity (Wildman–Crippen MR) is 57.3 cm³/mol. The maximum Gasteiger partial charge on any atom is 0.0520 e. The Bertz CT molecular complexity index is 311. The standard InChI is InChI=1S/C12H17NO/c1-9-5-3-4-6-11(9)12-10(7-13-12)8-14-2/h3-6,10,12-13H,7-8H2,1-2H3. The number of nitrogens with one attached hydrogen (secondary N) is 1. The van der Waals surface area contributed by atoms with Crippen LogP contribution in [0.15, 0.2) is 24.3 Å². The minimum absolute atomic E-state index is 0.496. The van der Waals surface area contributed by atoms with Gasteiger partial charge in [-0.3, -0.25) is 0 Å². The Morgan fingerprint density at radius 3 is 2.79 bits per heavy atom. The van der Waals surface area contributed by atoms with Crippen molar-refractivity contribution in [2.75, 3.05) is 20.3 Å². The Morgan fingerprint density at radius 1 is 1.43 bits per heavy atom. The lowest BCUT2D eigenvalue weighted by Crippen LogP contribution is -2.48. The summed E-state index contributed by atoms with van der Waals surface area (Å²) in [5.74, 6) is 0.640. The molecule has 0 radical (unpaired) electrons. The van der Waals surface area contributed by atoms with E-state index in [0.717, 1.165) is 13.2 Å². The summed E-state index contributed by atoms with van der Waals surface area (Å²) in [6, 6.07) is 9.06. The number of hydrogen-bond acceptors (Lipinski definition) is 2. The molecule has 0 bridgehead atoms. The van der Waals surface area contributed by atoms with Gasteiger partial charge in [-0.1, -0.05) is 24.3 Å². The van der Waals surface area contributed by atoms with Crippen molar-refractivity contribution < 1.29 is 4.74 Å². The summed E-state index contributed by atoms with van der Waals surface area (Å²) in [4.78, 5) is 0. The van der Waals surface area contributed by atoms with E-state index in [4.69, 9.17) is 4.74 Å². The second-order valence-electron chi connectivity index (χ2n) is 3.96. The molecule has 76 valence electrons. The molecule has 0 amide bonds. The van der Waals surface area contributed by atoms with Gasteiger partial charge in [0.1, 0.15) is 0 Å². The van der Waals surface area contributed by atoms with Gasteiger partial charge in [0.25, 0.3) is 0 Å². The molecule has 2 unspecified atom stereocenters. The maximum absolute atomic E-state index is 5.20. The van der Waals surface area contributed by atoms with Gasteiger partial charge in [0, 0.05) is 25.6 Å². The van der Waals surface area contributed by atoms with Crippen LogP contribution in [0.25, 0.3) is 0 Å². The monoisotopic (exact) mass is 191 g/mol. The van der Waals surface area contributed by atoms with E-state index in [0.29, 0.717) is 12.0 Å². The lowest BCUT2D eigenvalue weighted by molar-refractivity contribution is 0.0881. The number of methoxy groups -OCH3 is 1. The zero-order valence-electron chi connectivity index (χ0n) is 8.79. The highest BCUT2D eigenvalue weighted by Crippen LogP contribution is 2.31. The van der Waals surface area contributed by atoms with Crippen molar-refractivity contribution in [3.8, 4) is 0 Å². The second kappa shape index (κ2) is 4.11. The third-order valence-electron chi connectivity index (χ3n) is 2.98. The second-order valence-corrected chi connectivity index (χ2v) is 3.96. The molecular weight excluding hydrogens is 174 g/mol. The Balaban J connectivity index is 2.12. The first-order valence-electron chi connectivity index (χ1n) is 5.11. The zero-order valence-corrected chi connectivity index (χ0v) is 8.79. The summed E-state index contributed by atoms with van der Waals surface area (Å²) >= 11 is 0. The summed E-state index contributed by atoms with van der Waals surface area (Å²) in [6.07, 6.45) is 0. The summed E-state index contributed by atoms with van der Waals surface area (Å²) in [5.41, 5.74) is 2.78. The Labute approximate surface area is 85.3 Å². The molecule has 1 saturated heterocycles. The van der Waals surface area contributed by atoms with E-state index in [9.17, 15) is 0 Å². The van der Waals surface area contributed by atoms with E-state index in [1.54, 1.807) is 7.11 Å². The molecule has 1 aromatic carbocycles. The summed E-state index contributed by atoms with van der Waals surface area (Å²) in [5, 5.41) is 3.46. The van der Waals surface area contributed by atoms with Gasteiger partial charge < -0.3 is 10.1 Å². The molecule has 0 saturated carbocycles. The number of hydrogen-bond donors (Lipinski definition) is 1. The molecule has 1 N–H and O–H groups in total. The van der Waals surface area contributed by atoms with E-state index in [2.05, 4.69) is 36.5 Å². The van der Waals surface area contributed by atoms with E-state index >= 15 is 0 Å². The third-order valence-corrected chi connectivity index (χ3v) is 2.98. The maximum atomic E-state index is 5.20. The van der Waals surface area contributed by atoms with E-state index in [-0.39, 0.29) is 0 Å². The molecule has 1 heterocycles. The number of benzene rings is 1. The molecule has 0 spiro atoms. The first kappa shape index (κ1) is 9.69. The van der Waals surface area contributed by atoms with Crippen molar-refractivity contribution >= 4 is 0 Å². The molecule has 0 aliphatic carbocycles. The smallest absolute Gasteiger partial charge is 0.0520 e. The summed E-state index contributed by atoms with van der Waals surface area (Å²) in [6.45, 7) is 4.10. The fraction of sp³-hybridized carbons (Fsp3) is 0.500. The SMILES string of the molecule is COCC1CNC1c1ccccc1C. The van der Waals surface area contributed by atoms with Crippen molar-refractivity contribution in [3.63, 3.8) is 0 Å². The molecule has 1 aliphatic heterocycles. The highest BCUT2D eigenvalue weighted by Gasteiger charge is 2.31. The van der Waals surface area contributed by atoms with Crippen molar-refractivity contribution in [1.82, 2.24) is 5.32 Å². The zero-order chi connectivity index (χ0) is 9.97. The first-order valence-corrected chi connectivity index (χ1v) is 5.11. The van der Waals surface area contributed by atoms with Crippen LogP contribution in [-0.2, 0) is 4.74 Å². The van der Waals surface area contributed by atoms with Crippen LogP contribution in [0.5, 0.6) is 0 Å². The van der Waals surface area contributed by atoms with Crippen LogP contribution in [0.1, 0.15) is 17.2 Å². The molecule has 1 fully saturated rings. The van der Waals surface area contributed by atoms with Crippen LogP contribution in [0, 0.1) is 12.8 Å².